The van der Waals surface area contributed by atoms with Gasteiger partial charge in [0.05, 0.1) is 40.8 Å². The highest BCUT2D eigenvalue weighted by molar-refractivity contribution is 7.50. The second-order valence-corrected chi connectivity index (χ2v) is 18.6. The molecule has 0 aromatic carbocycles. The third-order valence-corrected chi connectivity index (χ3v) is 13.7. The molecule has 5 aliphatic heterocycles. The number of carboxylic acids is 4. The third-order valence-electron chi connectivity index (χ3n) is 12.6. The quantitative estimate of drug-likeness (QED) is 0.0705. The van der Waals surface area contributed by atoms with E-state index < -0.39 is 93.9 Å². The van der Waals surface area contributed by atoms with Crippen molar-refractivity contribution in [3.63, 3.8) is 0 Å². The molecule has 1 fully saturated rings. The van der Waals surface area contributed by atoms with Crippen LogP contribution in [-0.4, -0.2) is 108 Å². The van der Waals surface area contributed by atoms with E-state index in [0.29, 0.717) is 28.4 Å². The molecule has 8 bridgehead atoms. The second kappa shape index (κ2) is 20.6. The van der Waals surface area contributed by atoms with Crippen LogP contribution in [0, 0.1) is 11.8 Å². The molecule has 0 aromatic heterocycles. The van der Waals surface area contributed by atoms with Crippen molar-refractivity contribution in [2.75, 3.05) is 6.61 Å². The highest BCUT2D eigenvalue weighted by Gasteiger charge is 2.42. The number of aliphatic hydroxyl groups is 1. The molecule has 1 aliphatic carbocycles. The highest BCUT2D eigenvalue weighted by Crippen LogP contribution is 2.46. The summed E-state index contributed by atoms with van der Waals surface area (Å²) in [6.45, 7) is 12.9. The van der Waals surface area contributed by atoms with E-state index in [9.17, 15) is 58.7 Å². The zero-order chi connectivity index (χ0) is 49.9. The van der Waals surface area contributed by atoms with Gasteiger partial charge in [-0.3, -0.25) is 23.7 Å². The van der Waals surface area contributed by atoms with Gasteiger partial charge in [-0.25, -0.2) is 34.2 Å². The lowest BCUT2D eigenvalue weighted by Gasteiger charge is -2.21. The van der Waals surface area contributed by atoms with Gasteiger partial charge in [0.2, 0.25) is 11.8 Å². The number of aliphatic carboxylic acids is 4. The number of carbonyl (C=O) groups is 6. The van der Waals surface area contributed by atoms with Crippen molar-refractivity contribution in [2.45, 2.75) is 104 Å². The summed E-state index contributed by atoms with van der Waals surface area (Å²) in [5, 5.41) is 58.9. The number of rotatable bonds is 21. The van der Waals surface area contributed by atoms with E-state index in [2.05, 4.69) is 24.1 Å². The van der Waals surface area contributed by atoms with Gasteiger partial charge >= 0.3 is 31.6 Å². The highest BCUT2D eigenvalue weighted by atomic mass is 31.2. The number of allylic oxidation sites excluding steroid dienone is 12. The second-order valence-electron chi connectivity index (χ2n) is 17.0. The average molecular weight is 960 g/mol. The lowest BCUT2D eigenvalue weighted by Crippen LogP contribution is -2.46. The van der Waals surface area contributed by atoms with Gasteiger partial charge in [-0.15, -0.1) is 0 Å². The zero-order valence-corrected chi connectivity index (χ0v) is 38.9. The summed E-state index contributed by atoms with van der Waals surface area (Å²) in [5.74, 6) is -8.32. The standard InChI is InChI=1S/C46H54N7O14P/c1-7-24-20(3)30-16-32-22(5)26(42(51-32)27-15-37(54)41-23(6)33(52-43(27)41)18-35-25(8-2)21(4)31(48-35)17-34(24)47-30)9-12-38(55)49-28(44(59)60)10-13-39(56)50-36(46(63)64)19-67-68(65,66)53-29(45(61)62)11-14-40(57)58/h7,16-18,22,26,28-29,36,51,54H,1,8-15,19H2,2-6H3,(H,49,55)(H,50,56)(H,57,58)(H,59,60)(H,61,62)(H,63,64)(H2,53,65,66)/t22-,26?,28-,29-,36-/m0/s1. The van der Waals surface area contributed by atoms with Gasteiger partial charge in [0.1, 0.15) is 17.8 Å². The van der Waals surface area contributed by atoms with Crippen LogP contribution in [0.1, 0.15) is 86.0 Å². The Morgan fingerprint density at radius 1 is 0.853 bits per heavy atom. The molecule has 0 spiro atoms. The number of aliphatic imine (C=N–C) groups is 3. The van der Waals surface area contributed by atoms with Gasteiger partial charge in [-0.05, 0) is 87.0 Å². The van der Waals surface area contributed by atoms with Crippen molar-refractivity contribution in [1.29, 1.82) is 0 Å². The average Bonchev–Trinajstić information content (AvgIpc) is 4.02. The number of nitrogens with one attached hydrogen (secondary N) is 4. The van der Waals surface area contributed by atoms with Crippen LogP contribution < -0.4 is 21.0 Å². The largest absolute Gasteiger partial charge is 0.511 e. The van der Waals surface area contributed by atoms with Crippen LogP contribution in [0.3, 0.4) is 0 Å². The molecule has 6 aliphatic rings. The number of nitrogens with zero attached hydrogens (tertiary/aromatic N) is 3. The van der Waals surface area contributed by atoms with E-state index in [1.807, 2.05) is 51.2 Å². The Kier molecular flexibility index (Phi) is 15.3. The van der Waals surface area contributed by atoms with Crippen molar-refractivity contribution < 1.29 is 68.3 Å². The summed E-state index contributed by atoms with van der Waals surface area (Å²) < 4.78 is 17.2. The van der Waals surface area contributed by atoms with E-state index in [4.69, 9.17) is 24.6 Å². The van der Waals surface area contributed by atoms with Crippen LogP contribution in [0.4, 0.5) is 0 Å². The van der Waals surface area contributed by atoms with E-state index in [0.717, 1.165) is 62.7 Å². The molecule has 6 rings (SSSR count). The number of hydrogen-bond acceptors (Lipinski definition) is 13. The summed E-state index contributed by atoms with van der Waals surface area (Å²) in [6, 6.07) is -5.38. The van der Waals surface area contributed by atoms with E-state index in [-0.39, 0.29) is 36.9 Å². The molecule has 21 nitrogen and oxygen atoms in total. The van der Waals surface area contributed by atoms with Gasteiger partial charge in [0, 0.05) is 65.6 Å². The lowest BCUT2D eigenvalue weighted by atomic mass is 9.86. The molecule has 68 heavy (non-hydrogen) atoms. The smallest absolute Gasteiger partial charge is 0.403 e. The molecule has 362 valence electrons. The Bertz CT molecular complexity index is 2690. The molecule has 2 amide bonds. The number of aliphatic hydroxyl groups excluding tert-OH is 1. The fourth-order valence-electron chi connectivity index (χ4n) is 8.83. The first-order valence-corrected chi connectivity index (χ1v) is 23.4. The molecular formula is C46H54N7O14P. The summed E-state index contributed by atoms with van der Waals surface area (Å²) in [5.41, 5.74) is 11.8. The molecule has 0 aromatic rings. The maximum atomic E-state index is 13.5. The first kappa shape index (κ1) is 50.6. The molecule has 5 heterocycles. The Hall–Kier alpha value is -6.80. The van der Waals surface area contributed by atoms with Crippen LogP contribution in [-0.2, 0) is 37.9 Å². The number of carboxylic acid groups (broad SMARTS) is 4. The summed E-state index contributed by atoms with van der Waals surface area (Å²) >= 11 is 0. The van der Waals surface area contributed by atoms with Crippen LogP contribution in [0.5, 0.6) is 0 Å². The molecular weight excluding hydrogens is 906 g/mol. The van der Waals surface area contributed by atoms with Crippen molar-refractivity contribution >= 4 is 60.6 Å². The Morgan fingerprint density at radius 3 is 2.10 bits per heavy atom. The Labute approximate surface area is 390 Å². The monoisotopic (exact) mass is 959 g/mol. The zero-order valence-electron chi connectivity index (χ0n) is 38.0. The maximum absolute atomic E-state index is 13.5. The normalized spacial score (nSPS) is 21.8. The number of hydrogen-bond donors (Lipinski definition) is 10. The minimum Gasteiger partial charge on any atom is -0.511 e. The van der Waals surface area contributed by atoms with Gasteiger partial charge in [-0.1, -0.05) is 26.5 Å². The van der Waals surface area contributed by atoms with Gasteiger partial charge < -0.3 is 46.4 Å². The van der Waals surface area contributed by atoms with Gasteiger partial charge in [0.25, 0.3) is 0 Å². The predicted molar refractivity (Wildman–Crippen MR) is 247 cm³/mol. The van der Waals surface area contributed by atoms with Crippen molar-refractivity contribution in [1.82, 2.24) is 21.0 Å². The van der Waals surface area contributed by atoms with E-state index >= 15 is 0 Å². The van der Waals surface area contributed by atoms with Crippen molar-refractivity contribution in [3.05, 3.63) is 104 Å². The predicted octanol–water partition coefficient (Wildman–Crippen LogP) is 4.57. The molecule has 2 unspecified atom stereocenters. The van der Waals surface area contributed by atoms with E-state index in [1.54, 1.807) is 11.2 Å². The fourth-order valence-corrected chi connectivity index (χ4v) is 9.89. The van der Waals surface area contributed by atoms with Crippen LogP contribution in [0.25, 0.3) is 0 Å². The van der Waals surface area contributed by atoms with Crippen LogP contribution in [0.15, 0.2) is 119 Å². The maximum Gasteiger partial charge on any atom is 0.403 e. The molecule has 22 heteroatoms. The van der Waals surface area contributed by atoms with Crippen LogP contribution >= 0.6 is 7.75 Å². The molecule has 10 N–H and O–H groups in total. The summed E-state index contributed by atoms with van der Waals surface area (Å²) in [6.07, 6.45) is 6.21. The Balaban J connectivity index is 1.17. The van der Waals surface area contributed by atoms with Crippen LogP contribution in [0.2, 0.25) is 0 Å². The molecule has 1 saturated heterocycles. The number of fused-ring (bicyclic) bond motifs is 5. The summed E-state index contributed by atoms with van der Waals surface area (Å²) in [4.78, 5) is 97.9. The SMILES string of the molecule is C=CC1=C(C)C2=NC1=CC1=NC(=CC3=C(C)C4=C(O)CC(=C5NC(=C2)[C@@H](C)C5CCC(=O)N[C@@H](CCC(=O)N[C@@H](COP(=O)(O)N[C@@H](CCC(=O)O)C(=O)O)C(=O)O)C(=O)O)C4=N3)C(CC)=C1C. The first-order valence-electron chi connectivity index (χ1n) is 21.9. The van der Waals surface area contributed by atoms with Gasteiger partial charge in [0.15, 0.2) is 6.04 Å². The van der Waals surface area contributed by atoms with Gasteiger partial charge in [-0.2, -0.15) is 0 Å². The fraction of sp³-hybridized carbons (Fsp3) is 0.413. The Morgan fingerprint density at radius 2 is 1.47 bits per heavy atom. The lowest BCUT2D eigenvalue weighted by molar-refractivity contribution is -0.144. The van der Waals surface area contributed by atoms with Crippen molar-refractivity contribution in [3.8, 4) is 0 Å². The summed E-state index contributed by atoms with van der Waals surface area (Å²) in [7, 11) is -5.04. The number of carbonyl (C=O) groups excluding carboxylic acids is 2. The minimum absolute atomic E-state index is 0.154. The molecule has 0 saturated carbocycles. The first-order chi connectivity index (χ1) is 32.0. The topological polar surface area (TPSA) is 335 Å². The molecule has 6 atom stereocenters. The minimum atomic E-state index is -5.04. The van der Waals surface area contributed by atoms with Crippen molar-refractivity contribution in [2.24, 2.45) is 26.8 Å². The van der Waals surface area contributed by atoms with E-state index in [1.165, 1.54) is 0 Å². The third kappa shape index (κ3) is 11.0. The number of amides is 2. The molecule has 0 radical (unpaired) electrons.